The molecule has 1 aliphatic rings. The van der Waals surface area contributed by atoms with E-state index in [4.69, 9.17) is 4.74 Å². The minimum Gasteiger partial charge on any atom is -0.486 e. The van der Waals surface area contributed by atoms with E-state index < -0.39 is 0 Å². The first-order chi connectivity index (χ1) is 16.4. The van der Waals surface area contributed by atoms with Crippen LogP contribution in [-0.4, -0.2) is 26.4 Å². The number of thiophene rings is 1. The maximum atomic E-state index is 12.6. The fourth-order valence-electron chi connectivity index (χ4n) is 3.94. The fourth-order valence-corrected chi connectivity index (χ4v) is 6.05. The summed E-state index contributed by atoms with van der Waals surface area (Å²) in [6.45, 7) is 6.84. The van der Waals surface area contributed by atoms with E-state index in [0.717, 1.165) is 30.6 Å². The van der Waals surface area contributed by atoms with Crippen molar-refractivity contribution in [2.24, 2.45) is 13.0 Å². The van der Waals surface area contributed by atoms with E-state index in [0.29, 0.717) is 40.0 Å². The van der Waals surface area contributed by atoms with Crippen molar-refractivity contribution in [1.82, 2.24) is 14.8 Å². The van der Waals surface area contributed by atoms with Gasteiger partial charge >= 0.3 is 0 Å². The number of aromatic nitrogens is 3. The second-order valence-electron chi connectivity index (χ2n) is 8.97. The van der Waals surface area contributed by atoms with Gasteiger partial charge in [-0.15, -0.1) is 21.5 Å². The molecule has 0 spiro atoms. The predicted molar refractivity (Wildman–Crippen MR) is 135 cm³/mol. The fraction of sp³-hybridized carbons (Fsp3) is 0.440. The van der Waals surface area contributed by atoms with Crippen molar-refractivity contribution in [2.75, 3.05) is 11.1 Å². The van der Waals surface area contributed by atoms with E-state index in [2.05, 4.69) is 54.5 Å². The van der Waals surface area contributed by atoms with Crippen LogP contribution >= 0.6 is 23.1 Å². The summed E-state index contributed by atoms with van der Waals surface area (Å²) in [7, 11) is 1.86. The van der Waals surface area contributed by atoms with E-state index in [1.807, 2.05) is 23.7 Å². The largest absolute Gasteiger partial charge is 0.486 e. The molecule has 178 valence electrons. The van der Waals surface area contributed by atoms with Crippen LogP contribution in [0, 0.1) is 17.2 Å². The number of thioether (sulfide) groups is 1. The van der Waals surface area contributed by atoms with Gasteiger partial charge in [-0.3, -0.25) is 4.79 Å². The minimum absolute atomic E-state index is 0.154. The summed E-state index contributed by atoms with van der Waals surface area (Å²) in [5.74, 6) is 2.59. The van der Waals surface area contributed by atoms with Crippen molar-refractivity contribution in [2.45, 2.75) is 57.7 Å². The summed E-state index contributed by atoms with van der Waals surface area (Å²) in [6.07, 6.45) is 2.97. The molecule has 9 heteroatoms. The minimum atomic E-state index is -0.154. The van der Waals surface area contributed by atoms with Crippen LogP contribution in [0.5, 0.6) is 5.75 Å². The van der Waals surface area contributed by atoms with Crippen molar-refractivity contribution in [3.05, 3.63) is 51.7 Å². The molecule has 7 nitrogen and oxygen atoms in total. The summed E-state index contributed by atoms with van der Waals surface area (Å²) in [6, 6.07) is 10.4. The number of fused-ring (bicyclic) bond motifs is 1. The highest BCUT2D eigenvalue weighted by atomic mass is 32.2. The quantitative estimate of drug-likeness (QED) is 0.426. The number of carbonyl (C=O) groups is 1. The second-order valence-corrected chi connectivity index (χ2v) is 11.0. The highest BCUT2D eigenvalue weighted by molar-refractivity contribution is 7.99. The number of ether oxygens (including phenoxy) is 1. The predicted octanol–water partition coefficient (Wildman–Crippen LogP) is 5.31. The van der Waals surface area contributed by atoms with E-state index in [1.165, 1.54) is 22.2 Å². The summed E-state index contributed by atoms with van der Waals surface area (Å²) >= 11 is 2.86. The second kappa shape index (κ2) is 10.6. The smallest absolute Gasteiger partial charge is 0.235 e. The third kappa shape index (κ3) is 5.45. The first-order valence-electron chi connectivity index (χ1n) is 11.4. The number of amides is 1. The molecule has 0 saturated carbocycles. The molecule has 0 aliphatic heterocycles. The molecular formula is C25H29N5O2S2. The van der Waals surface area contributed by atoms with Gasteiger partial charge in [0.2, 0.25) is 5.91 Å². The molecule has 1 atom stereocenters. The SMILES string of the molecule is CC1CCc2c(sc(NC(=O)CSc3nnc(COc4ccc(C(C)C)cc4)n3C)c2C#N)C1. The Morgan fingerprint density at radius 2 is 2.12 bits per heavy atom. The highest BCUT2D eigenvalue weighted by Gasteiger charge is 2.24. The lowest BCUT2D eigenvalue weighted by Crippen LogP contribution is -2.14. The Hall–Kier alpha value is -2.83. The van der Waals surface area contributed by atoms with Crippen molar-refractivity contribution in [1.29, 1.82) is 5.26 Å². The number of rotatable bonds is 8. The van der Waals surface area contributed by atoms with Gasteiger partial charge in [0.15, 0.2) is 11.0 Å². The Labute approximate surface area is 208 Å². The molecule has 1 N–H and O–H groups in total. The Kier molecular flexibility index (Phi) is 7.59. The van der Waals surface area contributed by atoms with Gasteiger partial charge in [-0.1, -0.05) is 44.7 Å². The summed E-state index contributed by atoms with van der Waals surface area (Å²) in [4.78, 5) is 13.8. The molecule has 0 fully saturated rings. The zero-order valence-corrected chi connectivity index (χ0v) is 21.6. The van der Waals surface area contributed by atoms with Crippen LogP contribution in [0.15, 0.2) is 29.4 Å². The van der Waals surface area contributed by atoms with E-state index in [1.54, 1.807) is 11.3 Å². The normalized spacial score (nSPS) is 15.1. The molecule has 2 heterocycles. The standard InChI is InChI=1S/C25H29N5O2S2/c1-15(2)17-6-8-18(9-7-17)32-13-22-28-29-25(30(22)4)33-14-23(31)27-24-20(12-26)19-10-5-16(3)11-21(19)34-24/h6-9,15-16H,5,10-11,13-14H2,1-4H3,(H,27,31). The Morgan fingerprint density at radius 3 is 2.82 bits per heavy atom. The first kappa shape index (κ1) is 24.3. The van der Waals surface area contributed by atoms with Crippen molar-refractivity contribution < 1.29 is 9.53 Å². The van der Waals surface area contributed by atoms with Gasteiger partial charge in [-0.05, 0) is 54.4 Å². The van der Waals surface area contributed by atoms with Crippen LogP contribution in [0.1, 0.15) is 60.5 Å². The lowest BCUT2D eigenvalue weighted by molar-refractivity contribution is -0.113. The molecule has 1 amide bonds. The summed E-state index contributed by atoms with van der Waals surface area (Å²) < 4.78 is 7.70. The molecule has 34 heavy (non-hydrogen) atoms. The van der Waals surface area contributed by atoms with Gasteiger partial charge in [0.1, 0.15) is 23.4 Å². The van der Waals surface area contributed by atoms with Crippen LogP contribution in [0.2, 0.25) is 0 Å². The zero-order chi connectivity index (χ0) is 24.2. The lowest BCUT2D eigenvalue weighted by Gasteiger charge is -2.17. The zero-order valence-electron chi connectivity index (χ0n) is 19.9. The van der Waals surface area contributed by atoms with Crippen LogP contribution in [-0.2, 0) is 31.3 Å². The molecule has 0 radical (unpaired) electrons. The molecule has 4 rings (SSSR count). The number of anilines is 1. The molecule has 0 bridgehead atoms. The van der Waals surface area contributed by atoms with Gasteiger partial charge in [0.25, 0.3) is 0 Å². The van der Waals surface area contributed by atoms with Gasteiger partial charge in [0.05, 0.1) is 11.3 Å². The van der Waals surface area contributed by atoms with Crippen LogP contribution in [0.3, 0.4) is 0 Å². The third-order valence-corrected chi connectivity index (χ3v) is 8.24. The van der Waals surface area contributed by atoms with Gasteiger partial charge in [-0.2, -0.15) is 5.26 Å². The Bertz CT molecular complexity index is 1210. The van der Waals surface area contributed by atoms with Gasteiger partial charge in [0, 0.05) is 11.9 Å². The number of nitriles is 1. The van der Waals surface area contributed by atoms with E-state index in [-0.39, 0.29) is 11.7 Å². The van der Waals surface area contributed by atoms with Crippen LogP contribution in [0.25, 0.3) is 0 Å². The number of benzene rings is 1. The third-order valence-electron chi connectivity index (χ3n) is 6.05. The Balaban J connectivity index is 1.32. The van der Waals surface area contributed by atoms with Crippen molar-refractivity contribution >= 4 is 34.0 Å². The number of nitrogens with zero attached hydrogens (tertiary/aromatic N) is 4. The molecular weight excluding hydrogens is 466 g/mol. The number of hydrogen-bond acceptors (Lipinski definition) is 7. The van der Waals surface area contributed by atoms with Crippen molar-refractivity contribution in [3.8, 4) is 11.8 Å². The maximum Gasteiger partial charge on any atom is 0.235 e. The van der Waals surface area contributed by atoms with Crippen LogP contribution < -0.4 is 10.1 Å². The highest BCUT2D eigenvalue weighted by Crippen LogP contribution is 2.39. The average molecular weight is 496 g/mol. The maximum absolute atomic E-state index is 12.6. The van der Waals surface area contributed by atoms with E-state index >= 15 is 0 Å². The molecule has 1 aromatic carbocycles. The van der Waals surface area contributed by atoms with Crippen LogP contribution in [0.4, 0.5) is 5.00 Å². The summed E-state index contributed by atoms with van der Waals surface area (Å²) in [5.41, 5.74) is 3.01. The van der Waals surface area contributed by atoms with Gasteiger partial charge in [-0.25, -0.2) is 0 Å². The molecule has 3 aromatic rings. The number of hydrogen-bond donors (Lipinski definition) is 1. The lowest BCUT2D eigenvalue weighted by atomic mass is 9.89. The van der Waals surface area contributed by atoms with Crippen molar-refractivity contribution in [3.63, 3.8) is 0 Å². The number of carbonyl (C=O) groups excluding carboxylic acids is 1. The number of nitrogens with one attached hydrogen (secondary N) is 1. The first-order valence-corrected chi connectivity index (χ1v) is 13.2. The summed E-state index contributed by atoms with van der Waals surface area (Å²) in [5, 5.41) is 22.3. The molecule has 1 aliphatic carbocycles. The average Bonchev–Trinajstić information content (AvgIpc) is 3.34. The molecule has 1 unspecified atom stereocenters. The molecule has 0 saturated heterocycles. The van der Waals surface area contributed by atoms with E-state index in [9.17, 15) is 10.1 Å². The van der Waals surface area contributed by atoms with Gasteiger partial charge < -0.3 is 14.6 Å². The molecule has 2 aromatic heterocycles. The monoisotopic (exact) mass is 495 g/mol. The Morgan fingerprint density at radius 1 is 1.35 bits per heavy atom. The topological polar surface area (TPSA) is 92.8 Å².